The Morgan fingerprint density at radius 2 is 2.00 bits per heavy atom. The summed E-state index contributed by atoms with van der Waals surface area (Å²) in [4.78, 5) is 13.1. The van der Waals surface area contributed by atoms with E-state index in [2.05, 4.69) is 41.7 Å². The molecule has 0 radical (unpaired) electrons. The second kappa shape index (κ2) is 7.32. The van der Waals surface area contributed by atoms with Gasteiger partial charge in [0.1, 0.15) is 11.1 Å². The van der Waals surface area contributed by atoms with E-state index < -0.39 is 0 Å². The van der Waals surface area contributed by atoms with Gasteiger partial charge in [-0.3, -0.25) is 4.79 Å². The lowest BCUT2D eigenvalue weighted by molar-refractivity contribution is -0.115. The van der Waals surface area contributed by atoms with Gasteiger partial charge in [-0.25, -0.2) is 0 Å². The molecule has 0 aliphatic heterocycles. The summed E-state index contributed by atoms with van der Waals surface area (Å²) in [5.74, 6) is 0.648. The van der Waals surface area contributed by atoms with E-state index in [1.54, 1.807) is 23.2 Å². The standard InChI is InChI=1S/C18H14N2OS2/c19-12-15-7-9-23-18(15)20-17(21)8-10-22-16-6-5-13-3-1-2-4-14(13)11-16/h1-7,9,11H,8,10H2,(H,20,21). The number of rotatable bonds is 5. The van der Waals surface area contributed by atoms with Crippen LogP contribution in [0.1, 0.15) is 12.0 Å². The van der Waals surface area contributed by atoms with Crippen LogP contribution in [0.15, 0.2) is 58.8 Å². The number of thioether (sulfide) groups is 1. The van der Waals surface area contributed by atoms with E-state index in [-0.39, 0.29) is 5.91 Å². The molecule has 1 amide bonds. The minimum atomic E-state index is -0.0581. The number of nitrogens with one attached hydrogen (secondary N) is 1. The van der Waals surface area contributed by atoms with E-state index in [1.165, 1.54) is 22.1 Å². The van der Waals surface area contributed by atoms with Crippen LogP contribution in [-0.2, 0) is 4.79 Å². The van der Waals surface area contributed by atoms with Crippen molar-refractivity contribution in [2.75, 3.05) is 11.1 Å². The number of hydrogen-bond donors (Lipinski definition) is 1. The van der Waals surface area contributed by atoms with Gasteiger partial charge < -0.3 is 5.32 Å². The van der Waals surface area contributed by atoms with Gasteiger partial charge in [0.25, 0.3) is 0 Å². The summed E-state index contributed by atoms with van der Waals surface area (Å²) >= 11 is 3.04. The van der Waals surface area contributed by atoms with E-state index >= 15 is 0 Å². The number of benzene rings is 2. The monoisotopic (exact) mass is 338 g/mol. The lowest BCUT2D eigenvalue weighted by Crippen LogP contribution is -2.11. The minimum absolute atomic E-state index is 0.0581. The maximum Gasteiger partial charge on any atom is 0.225 e. The Morgan fingerprint density at radius 1 is 1.17 bits per heavy atom. The third-order valence-corrected chi connectivity index (χ3v) is 5.18. The topological polar surface area (TPSA) is 52.9 Å². The van der Waals surface area contributed by atoms with Gasteiger partial charge in [-0.1, -0.05) is 30.3 Å². The molecule has 23 heavy (non-hydrogen) atoms. The molecule has 3 aromatic rings. The fraction of sp³-hybridized carbons (Fsp3) is 0.111. The molecule has 5 heteroatoms. The molecular weight excluding hydrogens is 324 g/mol. The first kappa shape index (κ1) is 15.6. The average Bonchev–Trinajstić information content (AvgIpc) is 3.02. The first-order valence-electron chi connectivity index (χ1n) is 7.15. The first-order chi connectivity index (χ1) is 11.3. The smallest absolute Gasteiger partial charge is 0.225 e. The van der Waals surface area contributed by atoms with E-state index in [4.69, 9.17) is 5.26 Å². The summed E-state index contributed by atoms with van der Waals surface area (Å²) in [6.45, 7) is 0. The Kier molecular flexibility index (Phi) is 4.96. The quantitative estimate of drug-likeness (QED) is 0.674. The number of carbonyl (C=O) groups excluding carboxylic acids is 1. The van der Waals surface area contributed by atoms with Gasteiger partial charge in [-0.15, -0.1) is 23.1 Å². The van der Waals surface area contributed by atoms with Crippen molar-refractivity contribution < 1.29 is 4.79 Å². The van der Waals surface area contributed by atoms with Crippen molar-refractivity contribution in [1.29, 1.82) is 5.26 Å². The predicted octanol–water partition coefficient (Wildman–Crippen LogP) is 4.89. The van der Waals surface area contributed by atoms with Crippen LogP contribution in [-0.4, -0.2) is 11.7 Å². The van der Waals surface area contributed by atoms with Gasteiger partial charge in [0.15, 0.2) is 0 Å². The molecule has 114 valence electrons. The zero-order chi connectivity index (χ0) is 16.1. The Balaban J connectivity index is 1.54. The molecule has 3 rings (SSSR count). The van der Waals surface area contributed by atoms with Crippen LogP contribution in [0, 0.1) is 11.3 Å². The second-order valence-corrected chi connectivity index (χ2v) is 7.02. The van der Waals surface area contributed by atoms with Crippen molar-refractivity contribution in [1.82, 2.24) is 0 Å². The molecule has 0 spiro atoms. The highest BCUT2D eigenvalue weighted by Crippen LogP contribution is 2.25. The number of nitrogens with zero attached hydrogens (tertiary/aromatic N) is 1. The highest BCUT2D eigenvalue weighted by atomic mass is 32.2. The SMILES string of the molecule is N#Cc1ccsc1NC(=O)CCSc1ccc2ccccc2c1. The molecule has 0 bridgehead atoms. The van der Waals surface area contributed by atoms with Gasteiger partial charge in [0, 0.05) is 17.1 Å². The van der Waals surface area contributed by atoms with Crippen molar-refractivity contribution in [3.05, 3.63) is 59.5 Å². The Morgan fingerprint density at radius 3 is 2.83 bits per heavy atom. The molecule has 0 aliphatic rings. The minimum Gasteiger partial charge on any atom is -0.317 e. The summed E-state index contributed by atoms with van der Waals surface area (Å²) in [5.41, 5.74) is 0.519. The van der Waals surface area contributed by atoms with Gasteiger partial charge in [0.05, 0.1) is 5.56 Å². The summed E-state index contributed by atoms with van der Waals surface area (Å²) in [6.07, 6.45) is 0.417. The number of hydrogen-bond acceptors (Lipinski definition) is 4. The van der Waals surface area contributed by atoms with Gasteiger partial charge in [-0.05, 0) is 34.4 Å². The number of amides is 1. The Hall–Kier alpha value is -2.29. The number of nitriles is 1. The van der Waals surface area contributed by atoms with E-state index in [0.717, 1.165) is 4.90 Å². The molecule has 0 saturated carbocycles. The molecule has 1 aromatic heterocycles. The van der Waals surface area contributed by atoms with Crippen molar-refractivity contribution >= 4 is 44.8 Å². The largest absolute Gasteiger partial charge is 0.317 e. The second-order valence-electron chi connectivity index (χ2n) is 4.93. The molecule has 1 heterocycles. The van der Waals surface area contributed by atoms with Crippen LogP contribution in [0.3, 0.4) is 0 Å². The first-order valence-corrected chi connectivity index (χ1v) is 9.02. The summed E-state index contributed by atoms with van der Waals surface area (Å²) < 4.78 is 0. The number of carbonyl (C=O) groups is 1. The molecule has 0 atom stereocenters. The van der Waals surface area contributed by atoms with Crippen molar-refractivity contribution in [2.45, 2.75) is 11.3 Å². The third kappa shape index (κ3) is 3.92. The highest BCUT2D eigenvalue weighted by molar-refractivity contribution is 7.99. The number of fused-ring (bicyclic) bond motifs is 1. The van der Waals surface area contributed by atoms with Crippen LogP contribution in [0.5, 0.6) is 0 Å². The van der Waals surface area contributed by atoms with E-state index in [1.807, 2.05) is 12.1 Å². The van der Waals surface area contributed by atoms with Gasteiger partial charge in [0.2, 0.25) is 5.91 Å². The molecule has 2 aromatic carbocycles. The van der Waals surface area contributed by atoms with Crippen LogP contribution >= 0.6 is 23.1 Å². The summed E-state index contributed by atoms with van der Waals surface area (Å²) in [6, 6.07) is 18.3. The van der Waals surface area contributed by atoms with Crippen molar-refractivity contribution in [2.24, 2.45) is 0 Å². The van der Waals surface area contributed by atoms with Crippen molar-refractivity contribution in [3.63, 3.8) is 0 Å². The van der Waals surface area contributed by atoms with E-state index in [9.17, 15) is 4.79 Å². The zero-order valence-electron chi connectivity index (χ0n) is 12.3. The lowest BCUT2D eigenvalue weighted by Gasteiger charge is -2.05. The molecule has 0 saturated heterocycles. The van der Waals surface area contributed by atoms with Gasteiger partial charge >= 0.3 is 0 Å². The fourth-order valence-electron chi connectivity index (χ4n) is 2.20. The van der Waals surface area contributed by atoms with E-state index in [0.29, 0.717) is 22.7 Å². The Bertz CT molecular complexity index is 880. The lowest BCUT2D eigenvalue weighted by atomic mass is 10.1. The van der Waals surface area contributed by atoms with Crippen LogP contribution in [0.2, 0.25) is 0 Å². The average molecular weight is 338 g/mol. The third-order valence-electron chi connectivity index (χ3n) is 3.36. The van der Waals surface area contributed by atoms with Crippen LogP contribution < -0.4 is 5.32 Å². The molecular formula is C18H14N2OS2. The number of anilines is 1. The maximum absolute atomic E-state index is 12.0. The predicted molar refractivity (Wildman–Crippen MR) is 97.0 cm³/mol. The summed E-state index contributed by atoms with van der Waals surface area (Å²) in [7, 11) is 0. The number of thiophene rings is 1. The summed E-state index contributed by atoms with van der Waals surface area (Å²) in [5, 5.41) is 16.6. The van der Waals surface area contributed by atoms with Crippen LogP contribution in [0.4, 0.5) is 5.00 Å². The van der Waals surface area contributed by atoms with Gasteiger partial charge in [-0.2, -0.15) is 5.26 Å². The van der Waals surface area contributed by atoms with Crippen LogP contribution in [0.25, 0.3) is 10.8 Å². The fourth-order valence-corrected chi connectivity index (χ4v) is 3.85. The molecule has 1 N–H and O–H groups in total. The molecule has 0 fully saturated rings. The Labute approximate surface area is 142 Å². The molecule has 0 aliphatic carbocycles. The normalized spacial score (nSPS) is 10.4. The maximum atomic E-state index is 12.0. The molecule has 3 nitrogen and oxygen atoms in total. The highest BCUT2D eigenvalue weighted by Gasteiger charge is 2.08. The molecule has 0 unspecified atom stereocenters. The van der Waals surface area contributed by atoms with Crippen molar-refractivity contribution in [3.8, 4) is 6.07 Å². The zero-order valence-corrected chi connectivity index (χ0v) is 13.9.